The van der Waals surface area contributed by atoms with E-state index in [0.717, 1.165) is 23.4 Å². The number of thiophene rings is 1. The predicted molar refractivity (Wildman–Crippen MR) is 113 cm³/mol. The van der Waals surface area contributed by atoms with Crippen LogP contribution in [0.3, 0.4) is 0 Å². The molecule has 7 nitrogen and oxygen atoms in total. The van der Waals surface area contributed by atoms with Crippen molar-refractivity contribution in [1.29, 1.82) is 0 Å². The van der Waals surface area contributed by atoms with Crippen molar-refractivity contribution in [3.8, 4) is 17.1 Å². The molecule has 1 atom stereocenters. The van der Waals surface area contributed by atoms with E-state index in [1.807, 2.05) is 46.0 Å². The number of carbonyl (C=O) groups excluding carboxylic acids is 1. The number of nitrogens with zero attached hydrogens (tertiary/aromatic N) is 3. The smallest absolute Gasteiger partial charge is 0.227 e. The van der Waals surface area contributed by atoms with Crippen LogP contribution < -0.4 is 10.1 Å². The Morgan fingerprint density at radius 1 is 1.38 bits per heavy atom. The Morgan fingerprint density at radius 3 is 3.03 bits per heavy atom. The zero-order valence-electron chi connectivity index (χ0n) is 16.0. The number of hydrogen-bond donors (Lipinski definition) is 1. The molecule has 0 spiro atoms. The molecular formula is C20H23ClN4O3S. The van der Waals surface area contributed by atoms with Gasteiger partial charge in [0, 0.05) is 49.0 Å². The number of nitrogens with one attached hydrogen (secondary N) is 1. The highest BCUT2D eigenvalue weighted by Gasteiger charge is 2.29. The fourth-order valence-electron chi connectivity index (χ4n) is 3.45. The third-order valence-corrected chi connectivity index (χ3v) is 5.55. The minimum atomic E-state index is -0.0542. The fraction of sp³-hybridized carbons (Fsp3) is 0.350. The summed E-state index contributed by atoms with van der Waals surface area (Å²) < 4.78 is 10.8. The largest absolute Gasteiger partial charge is 0.496 e. The van der Waals surface area contributed by atoms with Crippen molar-refractivity contribution in [2.45, 2.75) is 18.9 Å². The maximum atomic E-state index is 13.0. The Kier molecular flexibility index (Phi) is 7.24. The maximum Gasteiger partial charge on any atom is 0.227 e. The van der Waals surface area contributed by atoms with Gasteiger partial charge in [-0.05, 0) is 17.5 Å². The van der Waals surface area contributed by atoms with E-state index in [4.69, 9.17) is 9.26 Å². The number of hydrogen-bond acceptors (Lipinski definition) is 7. The zero-order chi connectivity index (χ0) is 19.3. The molecule has 1 amide bonds. The summed E-state index contributed by atoms with van der Waals surface area (Å²) >= 11 is 1.58. The first-order chi connectivity index (χ1) is 13.8. The van der Waals surface area contributed by atoms with Crippen molar-refractivity contribution < 1.29 is 14.1 Å². The van der Waals surface area contributed by atoms with Crippen LogP contribution in [0.4, 0.5) is 0 Å². The van der Waals surface area contributed by atoms with E-state index in [-0.39, 0.29) is 24.4 Å². The second-order valence-electron chi connectivity index (χ2n) is 6.57. The number of piperazine rings is 1. The zero-order valence-corrected chi connectivity index (χ0v) is 17.7. The van der Waals surface area contributed by atoms with Crippen LogP contribution in [0.5, 0.6) is 5.75 Å². The van der Waals surface area contributed by atoms with Gasteiger partial charge < -0.3 is 19.5 Å². The first-order valence-corrected chi connectivity index (χ1v) is 10.2. The van der Waals surface area contributed by atoms with Crippen LogP contribution in [0.25, 0.3) is 11.4 Å². The molecule has 1 N–H and O–H groups in total. The number of ether oxygens (including phenoxy) is 1. The van der Waals surface area contributed by atoms with Crippen LogP contribution in [0, 0.1) is 0 Å². The molecule has 2 aromatic heterocycles. The average molecular weight is 435 g/mol. The topological polar surface area (TPSA) is 80.5 Å². The van der Waals surface area contributed by atoms with Crippen LogP contribution in [0.1, 0.15) is 23.9 Å². The molecule has 1 fully saturated rings. The van der Waals surface area contributed by atoms with Gasteiger partial charge in [0.05, 0.1) is 13.2 Å². The summed E-state index contributed by atoms with van der Waals surface area (Å²) in [6, 6.07) is 9.74. The molecule has 29 heavy (non-hydrogen) atoms. The molecule has 0 aliphatic carbocycles. The molecule has 1 aromatic carbocycles. The summed E-state index contributed by atoms with van der Waals surface area (Å²) in [4.78, 5) is 19.3. The monoisotopic (exact) mass is 434 g/mol. The van der Waals surface area contributed by atoms with Crippen molar-refractivity contribution in [2.24, 2.45) is 0 Å². The Labute approximate surface area is 179 Å². The SMILES string of the molecule is COc1ccccc1C1CNCCN1C(=O)CCc1nc(-c2ccsc2)no1.Cl. The molecule has 1 unspecified atom stereocenters. The van der Waals surface area contributed by atoms with Crippen molar-refractivity contribution in [3.05, 3.63) is 52.5 Å². The van der Waals surface area contributed by atoms with Gasteiger partial charge in [-0.1, -0.05) is 23.4 Å². The molecule has 4 rings (SSSR count). The normalized spacial score (nSPS) is 16.3. The number of benzene rings is 1. The number of methoxy groups -OCH3 is 1. The molecule has 9 heteroatoms. The summed E-state index contributed by atoms with van der Waals surface area (Å²) in [6.45, 7) is 2.14. The number of aryl methyl sites for hydroxylation is 1. The molecule has 0 bridgehead atoms. The number of aromatic nitrogens is 2. The highest BCUT2D eigenvalue weighted by atomic mass is 35.5. The Bertz CT molecular complexity index is 931. The van der Waals surface area contributed by atoms with Gasteiger partial charge in [-0.15, -0.1) is 12.4 Å². The summed E-state index contributed by atoms with van der Waals surface area (Å²) in [5.41, 5.74) is 1.95. The average Bonchev–Trinajstić information content (AvgIpc) is 3.44. The van der Waals surface area contributed by atoms with Crippen molar-refractivity contribution in [2.75, 3.05) is 26.7 Å². The number of halogens is 1. The van der Waals surface area contributed by atoms with E-state index in [1.165, 1.54) is 0 Å². The van der Waals surface area contributed by atoms with Crippen LogP contribution in [-0.4, -0.2) is 47.7 Å². The van der Waals surface area contributed by atoms with Crippen LogP contribution in [-0.2, 0) is 11.2 Å². The first-order valence-electron chi connectivity index (χ1n) is 9.24. The molecule has 0 saturated carbocycles. The van der Waals surface area contributed by atoms with Gasteiger partial charge in [-0.25, -0.2) is 0 Å². The first kappa shape index (κ1) is 21.3. The highest BCUT2D eigenvalue weighted by molar-refractivity contribution is 7.08. The van der Waals surface area contributed by atoms with E-state index >= 15 is 0 Å². The Morgan fingerprint density at radius 2 is 2.24 bits per heavy atom. The highest BCUT2D eigenvalue weighted by Crippen LogP contribution is 2.30. The Balaban J connectivity index is 0.00000240. The second-order valence-corrected chi connectivity index (χ2v) is 7.35. The Hall–Kier alpha value is -2.42. The molecule has 3 aromatic rings. The van der Waals surface area contributed by atoms with Crippen LogP contribution in [0.15, 0.2) is 45.6 Å². The van der Waals surface area contributed by atoms with Crippen molar-refractivity contribution >= 4 is 29.7 Å². The lowest BCUT2D eigenvalue weighted by molar-refractivity contribution is -0.134. The molecule has 154 valence electrons. The molecule has 1 aliphatic heterocycles. The van der Waals surface area contributed by atoms with Gasteiger partial charge in [0.25, 0.3) is 0 Å². The van der Waals surface area contributed by atoms with E-state index in [1.54, 1.807) is 18.4 Å². The molecule has 1 aliphatic rings. The standard InChI is InChI=1S/C20H22N4O3S.ClH/c1-26-17-5-3-2-4-15(17)16-12-21-9-10-24(16)19(25)7-6-18-22-20(23-27-18)14-8-11-28-13-14;/h2-5,8,11,13,16,21H,6-7,9-10,12H2,1H3;1H. The van der Waals surface area contributed by atoms with Gasteiger partial charge >= 0.3 is 0 Å². The third-order valence-electron chi connectivity index (χ3n) is 4.86. The number of amides is 1. The van der Waals surface area contributed by atoms with Gasteiger partial charge in [0.1, 0.15) is 5.75 Å². The van der Waals surface area contributed by atoms with E-state index in [9.17, 15) is 4.79 Å². The summed E-state index contributed by atoms with van der Waals surface area (Å²) in [7, 11) is 1.65. The van der Waals surface area contributed by atoms with E-state index in [2.05, 4.69) is 15.5 Å². The summed E-state index contributed by atoms with van der Waals surface area (Å²) in [6.07, 6.45) is 0.759. The van der Waals surface area contributed by atoms with Gasteiger partial charge in [-0.2, -0.15) is 16.3 Å². The van der Waals surface area contributed by atoms with Crippen molar-refractivity contribution in [1.82, 2.24) is 20.4 Å². The molecule has 1 saturated heterocycles. The lowest BCUT2D eigenvalue weighted by Gasteiger charge is -2.37. The fourth-order valence-corrected chi connectivity index (χ4v) is 4.08. The van der Waals surface area contributed by atoms with Gasteiger partial charge in [0.2, 0.25) is 17.6 Å². The lowest BCUT2D eigenvalue weighted by atomic mass is 10.0. The van der Waals surface area contributed by atoms with Gasteiger partial charge in [-0.3, -0.25) is 4.79 Å². The molecule has 3 heterocycles. The number of rotatable bonds is 6. The molecular weight excluding hydrogens is 412 g/mol. The third kappa shape index (κ3) is 4.77. The second kappa shape index (κ2) is 9.87. The van der Waals surface area contributed by atoms with Crippen LogP contribution in [0.2, 0.25) is 0 Å². The summed E-state index contributed by atoms with van der Waals surface area (Å²) in [5.74, 6) is 1.93. The predicted octanol–water partition coefficient (Wildman–Crippen LogP) is 3.33. The van der Waals surface area contributed by atoms with E-state index < -0.39 is 0 Å². The van der Waals surface area contributed by atoms with Gasteiger partial charge in [0.15, 0.2) is 0 Å². The number of carbonyl (C=O) groups is 1. The van der Waals surface area contributed by atoms with Crippen molar-refractivity contribution in [3.63, 3.8) is 0 Å². The minimum Gasteiger partial charge on any atom is -0.496 e. The molecule has 0 radical (unpaired) electrons. The number of para-hydroxylation sites is 1. The van der Waals surface area contributed by atoms with E-state index in [0.29, 0.717) is 37.6 Å². The van der Waals surface area contributed by atoms with Crippen LogP contribution >= 0.6 is 23.7 Å². The quantitative estimate of drug-likeness (QED) is 0.641. The maximum absolute atomic E-state index is 13.0. The minimum absolute atomic E-state index is 0. The lowest BCUT2D eigenvalue weighted by Crippen LogP contribution is -2.48. The summed E-state index contributed by atoms with van der Waals surface area (Å²) in [5, 5.41) is 11.3.